The first-order valence-electron chi connectivity index (χ1n) is 7.38. The van der Waals surface area contributed by atoms with E-state index in [1.165, 1.54) is 18.2 Å². The van der Waals surface area contributed by atoms with E-state index in [9.17, 15) is 13.7 Å². The topological polar surface area (TPSA) is 97.3 Å². The van der Waals surface area contributed by atoms with Gasteiger partial charge in [0.05, 0.1) is 13.2 Å². The van der Waals surface area contributed by atoms with Crippen molar-refractivity contribution in [3.63, 3.8) is 0 Å². The van der Waals surface area contributed by atoms with Gasteiger partial charge in [0.2, 0.25) is 6.41 Å². The lowest BCUT2D eigenvalue weighted by Gasteiger charge is -2.44. The number of ether oxygens (including phenoxy) is 1. The van der Waals surface area contributed by atoms with Gasteiger partial charge in [-0.3, -0.25) is 10.2 Å². The molecule has 2 atom stereocenters. The fraction of sp³-hybridized carbons (Fsp3) is 0.467. The molecule has 2 aliphatic heterocycles. The molecule has 3 N–H and O–H groups in total. The van der Waals surface area contributed by atoms with Crippen LogP contribution >= 0.6 is 0 Å². The Morgan fingerprint density at radius 3 is 2.87 bits per heavy atom. The Bertz CT molecular complexity index is 622. The minimum Gasteiger partial charge on any atom is -0.616 e. The molecule has 3 rings (SSSR count). The van der Waals surface area contributed by atoms with Crippen molar-refractivity contribution in [1.29, 1.82) is 5.41 Å². The Balaban J connectivity index is 1.85. The van der Waals surface area contributed by atoms with Gasteiger partial charge in [0.25, 0.3) is 0 Å². The summed E-state index contributed by atoms with van der Waals surface area (Å²) in [4.78, 5) is 10.5. The van der Waals surface area contributed by atoms with Crippen LogP contribution < -0.4 is 10.6 Å². The Morgan fingerprint density at radius 2 is 2.22 bits per heavy atom. The third-order valence-corrected chi connectivity index (χ3v) is 6.55. The van der Waals surface area contributed by atoms with E-state index in [1.807, 2.05) is 0 Å². The average molecular weight is 339 g/mol. The Hall–Kier alpha value is -1.64. The number of anilines is 1. The number of amides is 1. The molecule has 0 radical (unpaired) electrons. The van der Waals surface area contributed by atoms with Gasteiger partial charge in [-0.15, -0.1) is 0 Å². The molecule has 23 heavy (non-hydrogen) atoms. The largest absolute Gasteiger partial charge is 0.616 e. The molecule has 2 fully saturated rings. The van der Waals surface area contributed by atoms with E-state index < -0.39 is 27.8 Å². The summed E-state index contributed by atoms with van der Waals surface area (Å²) in [5.74, 6) is -0.0423. The molecule has 2 heterocycles. The van der Waals surface area contributed by atoms with E-state index in [2.05, 4.69) is 10.6 Å². The second kappa shape index (κ2) is 6.46. The number of nitrogens with one attached hydrogen (secondary N) is 3. The molecule has 0 aromatic heterocycles. The summed E-state index contributed by atoms with van der Waals surface area (Å²) in [7, 11) is 0. The van der Waals surface area contributed by atoms with Gasteiger partial charge in [-0.1, -0.05) is 0 Å². The van der Waals surface area contributed by atoms with E-state index in [4.69, 9.17) is 10.1 Å². The number of carbonyl (C=O) groups is 1. The number of halogens is 1. The normalized spacial score (nSPS) is 26.6. The van der Waals surface area contributed by atoms with Crippen LogP contribution in [0, 0.1) is 11.2 Å². The third-order valence-electron chi connectivity index (χ3n) is 4.43. The third kappa shape index (κ3) is 2.93. The van der Waals surface area contributed by atoms with Gasteiger partial charge in [-0.05, 0) is 29.4 Å². The molecule has 6 nitrogen and oxygen atoms in total. The molecule has 0 bridgehead atoms. The van der Waals surface area contributed by atoms with Gasteiger partial charge < -0.3 is 19.9 Å². The van der Waals surface area contributed by atoms with E-state index in [0.717, 1.165) is 0 Å². The first kappa shape index (κ1) is 16.2. The summed E-state index contributed by atoms with van der Waals surface area (Å²) in [6.45, 7) is 0.959. The zero-order valence-corrected chi connectivity index (χ0v) is 13.2. The smallest absolute Gasteiger partial charge is 0.211 e. The van der Waals surface area contributed by atoms with Crippen molar-refractivity contribution < 1.29 is 18.5 Å². The number of benzene rings is 1. The van der Waals surface area contributed by atoms with Crippen LogP contribution in [-0.4, -0.2) is 40.5 Å². The monoisotopic (exact) mass is 339 g/mol. The highest BCUT2D eigenvalue weighted by Gasteiger charge is 2.52. The fourth-order valence-electron chi connectivity index (χ4n) is 3.09. The van der Waals surface area contributed by atoms with Gasteiger partial charge in [0.1, 0.15) is 17.6 Å². The van der Waals surface area contributed by atoms with Crippen molar-refractivity contribution in [3.05, 3.63) is 29.6 Å². The molecule has 1 unspecified atom stereocenters. The zero-order valence-electron chi connectivity index (χ0n) is 12.4. The SMILES string of the molecule is N=C1N[C@H](c2cc(NC=O)ccc2F)C[S+]([O-])C12CCOCC2. The van der Waals surface area contributed by atoms with E-state index in [1.54, 1.807) is 0 Å². The zero-order chi connectivity index (χ0) is 16.4. The summed E-state index contributed by atoms with van der Waals surface area (Å²) in [6.07, 6.45) is 1.59. The Kier molecular flexibility index (Phi) is 4.56. The lowest BCUT2D eigenvalue weighted by atomic mass is 9.95. The summed E-state index contributed by atoms with van der Waals surface area (Å²) >= 11 is -1.29. The molecule has 2 saturated heterocycles. The van der Waals surface area contributed by atoms with Crippen LogP contribution in [0.4, 0.5) is 10.1 Å². The highest BCUT2D eigenvalue weighted by atomic mass is 32.2. The molecule has 124 valence electrons. The van der Waals surface area contributed by atoms with Gasteiger partial charge in [0.15, 0.2) is 10.6 Å². The number of carbonyl (C=O) groups excluding carboxylic acids is 1. The standard InChI is InChI=1S/C15H18FN3O3S/c16-12-2-1-10(18-9-20)7-11(12)13-8-23(21)15(14(17)19-13)3-5-22-6-4-15/h1-2,7,9,13H,3-6,8H2,(H2,17,19)(H,18,20)/t13-,23?/m0/s1. The van der Waals surface area contributed by atoms with Crippen molar-refractivity contribution in [1.82, 2.24) is 5.32 Å². The number of hydrogen-bond acceptors (Lipinski definition) is 4. The molecule has 1 amide bonds. The number of rotatable bonds is 3. The minimum absolute atomic E-state index is 0.184. The van der Waals surface area contributed by atoms with Crippen molar-refractivity contribution in [2.45, 2.75) is 23.6 Å². The molecule has 0 aliphatic carbocycles. The van der Waals surface area contributed by atoms with E-state index >= 15 is 0 Å². The lowest BCUT2D eigenvalue weighted by molar-refractivity contribution is -0.105. The highest BCUT2D eigenvalue weighted by molar-refractivity contribution is 7.93. The Morgan fingerprint density at radius 1 is 1.48 bits per heavy atom. The van der Waals surface area contributed by atoms with Gasteiger partial charge >= 0.3 is 0 Å². The van der Waals surface area contributed by atoms with Crippen LogP contribution in [0.25, 0.3) is 0 Å². The minimum atomic E-state index is -1.29. The van der Waals surface area contributed by atoms with Crippen molar-refractivity contribution in [3.8, 4) is 0 Å². The molecule has 1 aromatic carbocycles. The van der Waals surface area contributed by atoms with Crippen LogP contribution in [0.2, 0.25) is 0 Å². The summed E-state index contributed by atoms with van der Waals surface area (Å²) < 4.78 is 31.5. The fourth-order valence-corrected chi connectivity index (χ4v) is 4.88. The van der Waals surface area contributed by atoms with Crippen LogP contribution in [0.5, 0.6) is 0 Å². The van der Waals surface area contributed by atoms with Crippen molar-refractivity contribution in [2.24, 2.45) is 0 Å². The number of amidine groups is 1. The molecular weight excluding hydrogens is 321 g/mol. The molecule has 1 spiro atoms. The first-order valence-corrected chi connectivity index (χ1v) is 8.70. The van der Waals surface area contributed by atoms with Gasteiger partial charge in [-0.2, -0.15) is 0 Å². The van der Waals surface area contributed by atoms with Crippen molar-refractivity contribution >= 4 is 29.1 Å². The van der Waals surface area contributed by atoms with Crippen LogP contribution in [0.1, 0.15) is 24.4 Å². The molecular formula is C15H18FN3O3S. The molecule has 0 saturated carbocycles. The second-order valence-corrected chi connectivity index (χ2v) is 7.50. The first-order chi connectivity index (χ1) is 11.1. The highest BCUT2D eigenvalue weighted by Crippen LogP contribution is 2.38. The maximum atomic E-state index is 14.1. The summed E-state index contributed by atoms with van der Waals surface area (Å²) in [5.41, 5.74) is 0.763. The molecule has 1 aromatic rings. The molecule has 8 heteroatoms. The lowest BCUT2D eigenvalue weighted by Crippen LogP contribution is -2.61. The van der Waals surface area contributed by atoms with E-state index in [-0.39, 0.29) is 11.6 Å². The van der Waals surface area contributed by atoms with Crippen molar-refractivity contribution in [2.75, 3.05) is 24.3 Å². The molecule has 2 aliphatic rings. The number of hydrogen-bond donors (Lipinski definition) is 3. The second-order valence-electron chi connectivity index (χ2n) is 5.69. The summed E-state index contributed by atoms with van der Waals surface area (Å²) in [6, 6.07) is 3.67. The van der Waals surface area contributed by atoms with Gasteiger partial charge in [-0.25, -0.2) is 4.39 Å². The summed E-state index contributed by atoms with van der Waals surface area (Å²) in [5, 5.41) is 13.8. The predicted octanol–water partition coefficient (Wildman–Crippen LogP) is 1.31. The van der Waals surface area contributed by atoms with Crippen LogP contribution in [-0.2, 0) is 20.7 Å². The van der Waals surface area contributed by atoms with Crippen LogP contribution in [0.3, 0.4) is 0 Å². The maximum Gasteiger partial charge on any atom is 0.211 e. The predicted molar refractivity (Wildman–Crippen MR) is 85.5 cm³/mol. The quantitative estimate of drug-likeness (QED) is 0.571. The van der Waals surface area contributed by atoms with Crippen LogP contribution in [0.15, 0.2) is 18.2 Å². The van der Waals surface area contributed by atoms with E-state index in [0.29, 0.717) is 43.7 Å². The maximum absolute atomic E-state index is 14.1. The van der Waals surface area contributed by atoms with Gasteiger partial charge in [0, 0.05) is 24.1 Å². The Labute approximate surface area is 136 Å². The average Bonchev–Trinajstić information content (AvgIpc) is 2.55.